The average molecular weight is 402 g/mol. The fourth-order valence-corrected chi connectivity index (χ4v) is 3.67. The third-order valence-corrected chi connectivity index (χ3v) is 5.12. The molecule has 0 atom stereocenters. The van der Waals surface area contributed by atoms with E-state index in [1.165, 1.54) is 28.0 Å². The summed E-state index contributed by atoms with van der Waals surface area (Å²) in [6, 6.07) is 13.5. The zero-order valence-electron chi connectivity index (χ0n) is 12.1. The second-order valence-electron chi connectivity index (χ2n) is 5.08. The molecule has 0 saturated carbocycles. The topological polar surface area (TPSA) is 47.3 Å². The van der Waals surface area contributed by atoms with Gasteiger partial charge in [-0.25, -0.2) is 4.39 Å². The van der Waals surface area contributed by atoms with Crippen molar-refractivity contribution in [2.45, 2.75) is 0 Å². The maximum absolute atomic E-state index is 13.0. The normalized spacial score (nSPS) is 12.2. The highest BCUT2D eigenvalue weighted by Gasteiger charge is 2.13. The summed E-state index contributed by atoms with van der Waals surface area (Å²) in [5, 5.41) is 4.31. The molecule has 0 unspecified atom stereocenters. The second-order valence-corrected chi connectivity index (χ2v) is 6.94. The Labute approximate surface area is 148 Å². The molecule has 0 saturated heterocycles. The van der Waals surface area contributed by atoms with Gasteiger partial charge < -0.3 is 0 Å². The van der Waals surface area contributed by atoms with Crippen molar-refractivity contribution in [3.63, 3.8) is 0 Å². The summed E-state index contributed by atoms with van der Waals surface area (Å²) in [6.45, 7) is 0. The van der Waals surface area contributed by atoms with Crippen LogP contribution in [0.3, 0.4) is 0 Å². The minimum atomic E-state index is -0.310. The smallest absolute Gasteiger partial charge is 0.266 e. The predicted molar refractivity (Wildman–Crippen MR) is 95.5 cm³/mol. The lowest BCUT2D eigenvalue weighted by Crippen LogP contribution is -2.23. The third-order valence-electron chi connectivity index (χ3n) is 3.46. The van der Waals surface area contributed by atoms with Gasteiger partial charge in [0.25, 0.3) is 5.56 Å². The molecule has 0 aliphatic heterocycles. The lowest BCUT2D eigenvalue weighted by Gasteiger charge is -1.97. The zero-order chi connectivity index (χ0) is 16.7. The van der Waals surface area contributed by atoms with E-state index in [0.29, 0.717) is 15.3 Å². The number of aromatic nitrogens is 3. The molecule has 0 radical (unpaired) electrons. The Morgan fingerprint density at radius 2 is 1.88 bits per heavy atom. The number of hydrogen-bond acceptors (Lipinski definition) is 4. The first-order valence-electron chi connectivity index (χ1n) is 7.03. The quantitative estimate of drug-likeness (QED) is 0.517. The highest BCUT2D eigenvalue weighted by atomic mass is 79.9. The maximum atomic E-state index is 13.0. The van der Waals surface area contributed by atoms with Crippen LogP contribution in [0.2, 0.25) is 0 Å². The minimum absolute atomic E-state index is 0.231. The summed E-state index contributed by atoms with van der Waals surface area (Å²) in [5.74, 6) is 0.189. The van der Waals surface area contributed by atoms with Gasteiger partial charge in [-0.3, -0.25) is 4.79 Å². The Balaban J connectivity index is 1.83. The highest BCUT2D eigenvalue weighted by molar-refractivity contribution is 9.10. The number of thiazole rings is 1. The first-order chi connectivity index (χ1) is 11.6. The fraction of sp³-hybridized carbons (Fsp3) is 0. The molecular weight excluding hydrogens is 393 g/mol. The van der Waals surface area contributed by atoms with Gasteiger partial charge in [0.1, 0.15) is 5.82 Å². The van der Waals surface area contributed by atoms with Crippen LogP contribution in [0, 0.1) is 5.82 Å². The van der Waals surface area contributed by atoms with E-state index >= 15 is 0 Å². The molecule has 0 aliphatic carbocycles. The summed E-state index contributed by atoms with van der Waals surface area (Å²) in [7, 11) is 0. The standard InChI is InChI=1S/C17H9BrFN3OS/c18-13-4-2-1-3-12(13)15-20-17-22(21-15)16(23)14(24-17)9-10-5-7-11(19)8-6-10/h1-9H. The van der Waals surface area contributed by atoms with Gasteiger partial charge in [0.15, 0.2) is 5.82 Å². The molecule has 2 aromatic carbocycles. The van der Waals surface area contributed by atoms with Crippen LogP contribution >= 0.6 is 27.3 Å². The van der Waals surface area contributed by atoms with E-state index in [4.69, 9.17) is 0 Å². The van der Waals surface area contributed by atoms with Crippen LogP contribution in [-0.2, 0) is 0 Å². The largest absolute Gasteiger partial charge is 0.291 e. The summed E-state index contributed by atoms with van der Waals surface area (Å²) >= 11 is 4.72. The van der Waals surface area contributed by atoms with Crippen molar-refractivity contribution in [3.8, 4) is 11.4 Å². The fourth-order valence-electron chi connectivity index (χ4n) is 2.30. The van der Waals surface area contributed by atoms with Crippen LogP contribution in [-0.4, -0.2) is 14.6 Å². The van der Waals surface area contributed by atoms with Gasteiger partial charge >= 0.3 is 0 Å². The lowest BCUT2D eigenvalue weighted by atomic mass is 10.2. The number of halogens is 2. The molecule has 4 rings (SSSR count). The van der Waals surface area contributed by atoms with Crippen molar-refractivity contribution < 1.29 is 4.39 Å². The van der Waals surface area contributed by atoms with Crippen LogP contribution in [0.1, 0.15) is 5.56 Å². The zero-order valence-corrected chi connectivity index (χ0v) is 14.5. The molecule has 4 nitrogen and oxygen atoms in total. The molecule has 4 aromatic rings. The van der Waals surface area contributed by atoms with Crippen molar-refractivity contribution in [3.05, 3.63) is 79.3 Å². The molecule has 118 valence electrons. The van der Waals surface area contributed by atoms with E-state index in [1.807, 2.05) is 24.3 Å². The lowest BCUT2D eigenvalue weighted by molar-refractivity contribution is 0.628. The molecule has 0 N–H and O–H groups in total. The summed E-state index contributed by atoms with van der Waals surface area (Å²) in [6.07, 6.45) is 1.71. The Kier molecular flexibility index (Phi) is 3.74. The number of hydrogen-bond donors (Lipinski definition) is 0. The minimum Gasteiger partial charge on any atom is -0.266 e. The van der Waals surface area contributed by atoms with Crippen molar-refractivity contribution >= 4 is 38.3 Å². The third kappa shape index (κ3) is 2.65. The van der Waals surface area contributed by atoms with Gasteiger partial charge in [-0.05, 0) is 35.9 Å². The second kappa shape index (κ2) is 5.92. The SMILES string of the molecule is O=c1c(=Cc2ccc(F)cc2)sc2nc(-c3ccccc3Br)nn12. The van der Waals surface area contributed by atoms with Crippen LogP contribution in [0.4, 0.5) is 4.39 Å². The average Bonchev–Trinajstić information content (AvgIpc) is 3.10. The Bertz CT molecular complexity index is 1150. The van der Waals surface area contributed by atoms with Gasteiger partial charge in [-0.2, -0.15) is 9.50 Å². The highest BCUT2D eigenvalue weighted by Crippen LogP contribution is 2.25. The molecule has 2 aromatic heterocycles. The van der Waals surface area contributed by atoms with Gasteiger partial charge in [0, 0.05) is 10.0 Å². The van der Waals surface area contributed by atoms with E-state index in [9.17, 15) is 9.18 Å². The number of benzene rings is 2. The number of nitrogens with zero attached hydrogens (tertiary/aromatic N) is 3. The van der Waals surface area contributed by atoms with Gasteiger partial charge in [-0.1, -0.05) is 51.5 Å². The van der Waals surface area contributed by atoms with Crippen molar-refractivity contribution in [2.24, 2.45) is 0 Å². The monoisotopic (exact) mass is 401 g/mol. The van der Waals surface area contributed by atoms with Gasteiger partial charge in [0.2, 0.25) is 4.96 Å². The van der Waals surface area contributed by atoms with Crippen molar-refractivity contribution in [1.29, 1.82) is 0 Å². The van der Waals surface area contributed by atoms with Gasteiger partial charge in [-0.15, -0.1) is 5.10 Å². The predicted octanol–water partition coefficient (Wildman–Crippen LogP) is 3.27. The summed E-state index contributed by atoms with van der Waals surface area (Å²) < 4.78 is 15.6. The first-order valence-corrected chi connectivity index (χ1v) is 8.64. The van der Waals surface area contributed by atoms with Crippen molar-refractivity contribution in [2.75, 3.05) is 0 Å². The van der Waals surface area contributed by atoms with E-state index in [-0.39, 0.29) is 11.4 Å². The Morgan fingerprint density at radius 1 is 1.12 bits per heavy atom. The Morgan fingerprint density at radius 3 is 2.58 bits per heavy atom. The van der Waals surface area contributed by atoms with Crippen LogP contribution in [0.15, 0.2) is 57.8 Å². The maximum Gasteiger partial charge on any atom is 0.291 e. The molecule has 0 spiro atoms. The summed E-state index contributed by atoms with van der Waals surface area (Å²) in [4.78, 5) is 17.5. The van der Waals surface area contributed by atoms with Crippen LogP contribution in [0.5, 0.6) is 0 Å². The molecule has 7 heteroatoms. The first kappa shape index (κ1) is 15.2. The van der Waals surface area contributed by atoms with Crippen LogP contribution < -0.4 is 10.1 Å². The molecule has 0 bridgehead atoms. The number of rotatable bonds is 2. The van der Waals surface area contributed by atoms with Crippen LogP contribution in [0.25, 0.3) is 22.4 Å². The molecule has 0 amide bonds. The molecular formula is C17H9BrFN3OS. The van der Waals surface area contributed by atoms with E-state index in [0.717, 1.165) is 15.6 Å². The van der Waals surface area contributed by atoms with E-state index in [2.05, 4.69) is 26.0 Å². The summed E-state index contributed by atoms with van der Waals surface area (Å²) in [5.41, 5.74) is 1.35. The van der Waals surface area contributed by atoms with Gasteiger partial charge in [0.05, 0.1) is 4.53 Å². The number of fused-ring (bicyclic) bond motifs is 1. The van der Waals surface area contributed by atoms with Crippen molar-refractivity contribution in [1.82, 2.24) is 14.6 Å². The molecule has 0 fully saturated rings. The molecule has 0 aliphatic rings. The van der Waals surface area contributed by atoms with E-state index < -0.39 is 0 Å². The molecule has 2 heterocycles. The van der Waals surface area contributed by atoms with E-state index in [1.54, 1.807) is 18.2 Å². The Hall–Kier alpha value is -2.38. The molecule has 24 heavy (non-hydrogen) atoms.